The van der Waals surface area contributed by atoms with Gasteiger partial charge in [0.25, 0.3) is 5.91 Å². The van der Waals surface area contributed by atoms with E-state index in [2.05, 4.69) is 26.1 Å². The first-order valence-electron chi connectivity index (χ1n) is 8.08. The first kappa shape index (κ1) is 18.3. The fraction of sp³-hybridized carbons (Fsp3) is 0.118. The summed E-state index contributed by atoms with van der Waals surface area (Å²) in [6.07, 6.45) is 1.45. The smallest absolute Gasteiger partial charge is 0.250 e. The highest BCUT2D eigenvalue weighted by molar-refractivity contribution is 7.99. The summed E-state index contributed by atoms with van der Waals surface area (Å²) in [4.78, 5) is 12.0. The number of thioether (sulfide) groups is 1. The van der Waals surface area contributed by atoms with Gasteiger partial charge >= 0.3 is 0 Å². The van der Waals surface area contributed by atoms with Crippen LogP contribution in [0, 0.1) is 0 Å². The summed E-state index contributed by atoms with van der Waals surface area (Å²) >= 11 is 7.36. The van der Waals surface area contributed by atoms with Crippen LogP contribution >= 0.6 is 23.4 Å². The Balaban J connectivity index is 1.34. The highest BCUT2D eigenvalue weighted by Gasteiger charge is 2.16. The molecule has 28 heavy (non-hydrogen) atoms. The third-order valence-corrected chi connectivity index (χ3v) is 4.91. The zero-order chi connectivity index (χ0) is 19.3. The van der Waals surface area contributed by atoms with Gasteiger partial charge in [0.05, 0.1) is 22.7 Å². The lowest BCUT2D eigenvalue weighted by molar-refractivity contribution is -0.118. The monoisotopic (exact) mass is 416 g/mol. The lowest BCUT2D eigenvalue weighted by Crippen LogP contribution is -2.20. The standard InChI is InChI=1S/C17H13ClN6O3S/c18-13-7-15-14(26-10-27-15)6-11(13)8-19-20-16(25)9-28-17-21-22-23-24(17)12-4-2-1-3-5-12/h1-8H,9-10H2,(H,20,25)/b19-8+. The molecule has 1 amide bonds. The zero-order valence-electron chi connectivity index (χ0n) is 14.3. The van der Waals surface area contributed by atoms with Crippen LogP contribution in [0.4, 0.5) is 0 Å². The molecule has 0 saturated carbocycles. The van der Waals surface area contributed by atoms with Crippen LogP contribution in [0.5, 0.6) is 11.5 Å². The van der Waals surface area contributed by atoms with Crippen molar-refractivity contribution < 1.29 is 14.3 Å². The third kappa shape index (κ3) is 4.07. The Bertz CT molecular complexity index is 1030. The van der Waals surface area contributed by atoms with Crippen LogP contribution in [0.25, 0.3) is 5.69 Å². The average Bonchev–Trinajstić information content (AvgIpc) is 3.36. The van der Waals surface area contributed by atoms with E-state index in [0.717, 1.165) is 5.69 Å². The quantitative estimate of drug-likeness (QED) is 0.373. The molecule has 0 unspecified atom stereocenters. The molecular weight excluding hydrogens is 404 g/mol. The molecular formula is C17H13ClN6O3S. The number of benzene rings is 2. The number of para-hydroxylation sites is 1. The van der Waals surface area contributed by atoms with Gasteiger partial charge in [-0.25, -0.2) is 5.43 Å². The number of carbonyl (C=O) groups excluding carboxylic acids is 1. The number of tetrazole rings is 1. The minimum absolute atomic E-state index is 0.0966. The maximum atomic E-state index is 12.0. The Morgan fingerprint density at radius 1 is 1.29 bits per heavy atom. The van der Waals surface area contributed by atoms with Crippen LogP contribution in [-0.4, -0.2) is 44.9 Å². The van der Waals surface area contributed by atoms with E-state index in [-0.39, 0.29) is 18.5 Å². The number of nitrogens with one attached hydrogen (secondary N) is 1. The van der Waals surface area contributed by atoms with Crippen molar-refractivity contribution in [3.63, 3.8) is 0 Å². The summed E-state index contributed by atoms with van der Waals surface area (Å²) in [5.74, 6) is 0.958. The molecule has 2 aromatic carbocycles. The molecule has 0 spiro atoms. The van der Waals surface area contributed by atoms with Gasteiger partial charge in [0.15, 0.2) is 11.5 Å². The number of hydrogen-bond acceptors (Lipinski definition) is 8. The minimum atomic E-state index is -0.305. The lowest BCUT2D eigenvalue weighted by Gasteiger charge is -2.03. The van der Waals surface area contributed by atoms with Crippen molar-refractivity contribution >= 4 is 35.5 Å². The van der Waals surface area contributed by atoms with E-state index >= 15 is 0 Å². The van der Waals surface area contributed by atoms with Crippen LogP contribution < -0.4 is 14.9 Å². The van der Waals surface area contributed by atoms with E-state index in [9.17, 15) is 4.79 Å². The molecule has 0 saturated heterocycles. The van der Waals surface area contributed by atoms with Gasteiger partial charge in [-0.1, -0.05) is 41.6 Å². The highest BCUT2D eigenvalue weighted by Crippen LogP contribution is 2.36. The van der Waals surface area contributed by atoms with Crippen LogP contribution in [0.1, 0.15) is 5.56 Å². The number of nitrogens with zero attached hydrogens (tertiary/aromatic N) is 5. The Morgan fingerprint density at radius 2 is 2.07 bits per heavy atom. The summed E-state index contributed by atoms with van der Waals surface area (Å²) in [5.41, 5.74) is 3.86. The van der Waals surface area contributed by atoms with Gasteiger partial charge in [0.2, 0.25) is 11.9 Å². The third-order valence-electron chi connectivity index (χ3n) is 3.66. The maximum Gasteiger partial charge on any atom is 0.250 e. The summed E-state index contributed by atoms with van der Waals surface area (Å²) in [6.45, 7) is 0.155. The van der Waals surface area contributed by atoms with E-state index < -0.39 is 0 Å². The SMILES string of the molecule is O=C(CSc1nnnn1-c1ccccc1)N/N=C/c1cc2c(cc1Cl)OCO2. The number of amides is 1. The second kappa shape index (κ2) is 8.28. The molecule has 1 N–H and O–H groups in total. The molecule has 1 aromatic heterocycles. The van der Waals surface area contributed by atoms with Gasteiger partial charge in [-0.05, 0) is 28.6 Å². The fourth-order valence-corrected chi connectivity index (χ4v) is 3.25. The van der Waals surface area contributed by atoms with Gasteiger partial charge in [-0.2, -0.15) is 9.78 Å². The van der Waals surface area contributed by atoms with Crippen molar-refractivity contribution in [2.75, 3.05) is 12.5 Å². The van der Waals surface area contributed by atoms with Crippen molar-refractivity contribution in [1.29, 1.82) is 0 Å². The molecule has 0 aliphatic carbocycles. The van der Waals surface area contributed by atoms with Crippen molar-refractivity contribution in [3.05, 3.63) is 53.1 Å². The second-order valence-electron chi connectivity index (χ2n) is 5.52. The minimum Gasteiger partial charge on any atom is -0.454 e. The van der Waals surface area contributed by atoms with Gasteiger partial charge < -0.3 is 9.47 Å². The molecule has 0 atom stereocenters. The number of fused-ring (bicyclic) bond motifs is 1. The molecule has 1 aliphatic heterocycles. The Kier molecular flexibility index (Phi) is 5.40. The topological polar surface area (TPSA) is 104 Å². The van der Waals surface area contributed by atoms with Crippen LogP contribution in [0.2, 0.25) is 5.02 Å². The number of aromatic nitrogens is 4. The first-order valence-corrected chi connectivity index (χ1v) is 9.45. The molecule has 0 bridgehead atoms. The molecule has 0 fully saturated rings. The van der Waals surface area contributed by atoms with Crippen LogP contribution in [-0.2, 0) is 4.79 Å². The van der Waals surface area contributed by atoms with Crippen LogP contribution in [0.3, 0.4) is 0 Å². The van der Waals surface area contributed by atoms with E-state index in [0.29, 0.717) is 27.2 Å². The van der Waals surface area contributed by atoms with Crippen molar-refractivity contribution in [2.45, 2.75) is 5.16 Å². The van der Waals surface area contributed by atoms with Crippen molar-refractivity contribution in [2.24, 2.45) is 5.10 Å². The second-order valence-corrected chi connectivity index (χ2v) is 6.87. The highest BCUT2D eigenvalue weighted by atomic mass is 35.5. The Morgan fingerprint density at radius 3 is 2.89 bits per heavy atom. The summed E-state index contributed by atoms with van der Waals surface area (Å²) in [7, 11) is 0. The predicted molar refractivity (Wildman–Crippen MR) is 103 cm³/mol. The normalized spacial score (nSPS) is 12.5. The Hall–Kier alpha value is -3.11. The molecule has 1 aliphatic rings. The van der Waals surface area contributed by atoms with Crippen molar-refractivity contribution in [1.82, 2.24) is 25.6 Å². The van der Waals surface area contributed by atoms with Gasteiger partial charge in [0, 0.05) is 11.6 Å². The van der Waals surface area contributed by atoms with Gasteiger partial charge in [-0.15, -0.1) is 5.10 Å². The average molecular weight is 417 g/mol. The summed E-state index contributed by atoms with van der Waals surface area (Å²) < 4.78 is 12.1. The number of halogens is 1. The number of hydrogen-bond donors (Lipinski definition) is 1. The number of rotatable bonds is 6. The largest absolute Gasteiger partial charge is 0.454 e. The number of hydrazone groups is 1. The lowest BCUT2D eigenvalue weighted by atomic mass is 10.2. The van der Waals surface area contributed by atoms with E-state index in [1.165, 1.54) is 18.0 Å². The molecule has 4 rings (SSSR count). The summed E-state index contributed by atoms with van der Waals surface area (Å²) in [6, 6.07) is 12.8. The van der Waals surface area contributed by atoms with E-state index in [1.807, 2.05) is 30.3 Å². The molecule has 0 radical (unpaired) electrons. The number of carbonyl (C=O) groups is 1. The molecule has 3 aromatic rings. The summed E-state index contributed by atoms with van der Waals surface area (Å²) in [5, 5.41) is 16.4. The maximum absolute atomic E-state index is 12.0. The first-order chi connectivity index (χ1) is 13.7. The zero-order valence-corrected chi connectivity index (χ0v) is 15.9. The molecule has 11 heteroatoms. The van der Waals surface area contributed by atoms with E-state index in [1.54, 1.807) is 16.8 Å². The van der Waals surface area contributed by atoms with Crippen molar-refractivity contribution in [3.8, 4) is 17.2 Å². The van der Waals surface area contributed by atoms with E-state index in [4.69, 9.17) is 21.1 Å². The fourth-order valence-electron chi connectivity index (χ4n) is 2.37. The van der Waals surface area contributed by atoms with Gasteiger partial charge in [-0.3, -0.25) is 4.79 Å². The molecule has 9 nitrogen and oxygen atoms in total. The number of ether oxygens (including phenoxy) is 2. The molecule has 142 valence electrons. The predicted octanol–water partition coefficient (Wildman–Crippen LogP) is 2.29. The van der Waals surface area contributed by atoms with Gasteiger partial charge in [0.1, 0.15) is 0 Å². The Labute approximate surface area is 168 Å². The molecule has 2 heterocycles. The van der Waals surface area contributed by atoms with Crippen LogP contribution in [0.15, 0.2) is 52.7 Å².